The molecule has 150 valence electrons. The fourth-order valence-electron chi connectivity index (χ4n) is 4.08. The van der Waals surface area contributed by atoms with Crippen molar-refractivity contribution in [2.45, 2.75) is 50.9 Å². The lowest BCUT2D eigenvalue weighted by atomic mass is 9.89. The number of anilines is 1. The number of carbonyl (C=O) groups excluding carboxylic acids is 2. The maximum absolute atomic E-state index is 11.0. The standard InChI is InChI=1S/C13H16N2.C10H10N2O2/c1-2-6-10(7-3-1)13-14-11-8-4-5-9-12(11)15-13;11-10(14)7-1-3-8-6(5-7)2-4-9(13)12-8/h4-5,8-10H,1-3,6-7H2,(H,14,15);1,3,5H,2,4H2,(H2,11,14)(H,12,13). The van der Waals surface area contributed by atoms with Gasteiger partial charge in [0, 0.05) is 23.6 Å². The van der Waals surface area contributed by atoms with Crippen molar-refractivity contribution in [3.05, 3.63) is 59.4 Å². The number of hydrogen-bond acceptors (Lipinski definition) is 3. The largest absolute Gasteiger partial charge is 0.366 e. The molecule has 5 rings (SSSR count). The van der Waals surface area contributed by atoms with E-state index in [1.54, 1.807) is 18.2 Å². The Morgan fingerprint density at radius 2 is 1.83 bits per heavy atom. The van der Waals surface area contributed by atoms with E-state index in [1.165, 1.54) is 43.4 Å². The van der Waals surface area contributed by atoms with Gasteiger partial charge in [-0.25, -0.2) is 4.98 Å². The highest BCUT2D eigenvalue weighted by Crippen LogP contribution is 2.31. The second kappa shape index (κ2) is 8.47. The van der Waals surface area contributed by atoms with Gasteiger partial charge < -0.3 is 16.0 Å². The molecule has 6 nitrogen and oxygen atoms in total. The van der Waals surface area contributed by atoms with Gasteiger partial charge >= 0.3 is 0 Å². The van der Waals surface area contributed by atoms with Gasteiger partial charge in [-0.3, -0.25) is 9.59 Å². The normalized spacial score (nSPS) is 16.5. The molecular formula is C23H26N4O2. The predicted molar refractivity (Wildman–Crippen MR) is 114 cm³/mol. The number of primary amides is 1. The minimum absolute atomic E-state index is 0.0179. The van der Waals surface area contributed by atoms with Crippen molar-refractivity contribution in [1.82, 2.24) is 9.97 Å². The van der Waals surface area contributed by atoms with Crippen LogP contribution in [0.4, 0.5) is 5.69 Å². The van der Waals surface area contributed by atoms with Crippen LogP contribution in [0.3, 0.4) is 0 Å². The van der Waals surface area contributed by atoms with Crippen molar-refractivity contribution in [3.63, 3.8) is 0 Å². The summed E-state index contributed by atoms with van der Waals surface area (Å²) in [6.45, 7) is 0. The number of H-pyrrole nitrogens is 1. The number of aryl methyl sites for hydroxylation is 1. The van der Waals surface area contributed by atoms with Crippen LogP contribution in [0, 0.1) is 0 Å². The summed E-state index contributed by atoms with van der Waals surface area (Å²) in [4.78, 5) is 30.1. The average Bonchev–Trinajstić information content (AvgIpc) is 3.19. The Morgan fingerprint density at radius 3 is 2.59 bits per heavy atom. The minimum atomic E-state index is -0.440. The third-order valence-corrected chi connectivity index (χ3v) is 5.68. The summed E-state index contributed by atoms with van der Waals surface area (Å²) in [6, 6.07) is 13.4. The third-order valence-electron chi connectivity index (χ3n) is 5.68. The van der Waals surface area contributed by atoms with Gasteiger partial charge in [0.1, 0.15) is 5.82 Å². The number of carbonyl (C=O) groups is 2. The molecule has 1 aliphatic carbocycles. The second-order valence-corrected chi connectivity index (χ2v) is 7.76. The molecule has 29 heavy (non-hydrogen) atoms. The molecule has 4 N–H and O–H groups in total. The van der Waals surface area contributed by atoms with E-state index in [0.717, 1.165) is 16.8 Å². The minimum Gasteiger partial charge on any atom is -0.366 e. The predicted octanol–water partition coefficient (Wildman–Crippen LogP) is 4.28. The molecule has 2 heterocycles. The first-order valence-corrected chi connectivity index (χ1v) is 10.3. The van der Waals surface area contributed by atoms with Crippen LogP contribution in [0.15, 0.2) is 42.5 Å². The van der Waals surface area contributed by atoms with Crippen LogP contribution in [-0.4, -0.2) is 21.8 Å². The Hall–Kier alpha value is -3.15. The van der Waals surface area contributed by atoms with Crippen molar-refractivity contribution in [2.24, 2.45) is 5.73 Å². The summed E-state index contributed by atoms with van der Waals surface area (Å²) in [7, 11) is 0. The summed E-state index contributed by atoms with van der Waals surface area (Å²) in [5.74, 6) is 1.45. The lowest BCUT2D eigenvalue weighted by Crippen LogP contribution is -2.20. The summed E-state index contributed by atoms with van der Waals surface area (Å²) in [5.41, 5.74) is 9.68. The molecule has 3 aromatic rings. The van der Waals surface area contributed by atoms with E-state index in [2.05, 4.69) is 33.5 Å². The zero-order valence-electron chi connectivity index (χ0n) is 16.4. The zero-order valence-corrected chi connectivity index (χ0v) is 16.4. The van der Waals surface area contributed by atoms with Crippen LogP contribution in [0.2, 0.25) is 0 Å². The lowest BCUT2D eigenvalue weighted by Gasteiger charge is -2.18. The average molecular weight is 390 g/mol. The first-order valence-electron chi connectivity index (χ1n) is 10.3. The van der Waals surface area contributed by atoms with E-state index in [4.69, 9.17) is 5.73 Å². The Bertz CT molecular complexity index is 1000. The molecule has 0 spiro atoms. The number of benzene rings is 2. The van der Waals surface area contributed by atoms with Gasteiger partial charge in [-0.1, -0.05) is 31.4 Å². The third kappa shape index (κ3) is 4.47. The quantitative estimate of drug-likeness (QED) is 0.609. The molecule has 0 bridgehead atoms. The highest BCUT2D eigenvalue weighted by molar-refractivity contribution is 5.97. The smallest absolute Gasteiger partial charge is 0.248 e. The van der Waals surface area contributed by atoms with E-state index >= 15 is 0 Å². The molecule has 1 aliphatic heterocycles. The lowest BCUT2D eigenvalue weighted by molar-refractivity contribution is -0.116. The van der Waals surface area contributed by atoms with Gasteiger partial charge in [-0.2, -0.15) is 0 Å². The molecule has 1 saturated carbocycles. The summed E-state index contributed by atoms with van der Waals surface area (Å²) >= 11 is 0. The van der Waals surface area contributed by atoms with E-state index < -0.39 is 5.91 Å². The topological polar surface area (TPSA) is 101 Å². The summed E-state index contributed by atoms with van der Waals surface area (Å²) < 4.78 is 0. The molecule has 0 radical (unpaired) electrons. The number of nitrogens with one attached hydrogen (secondary N) is 2. The van der Waals surface area contributed by atoms with Crippen LogP contribution in [0.5, 0.6) is 0 Å². The molecule has 1 fully saturated rings. The zero-order chi connectivity index (χ0) is 20.2. The Labute approximate surface area is 169 Å². The monoisotopic (exact) mass is 390 g/mol. The van der Waals surface area contributed by atoms with Gasteiger partial charge in [-0.15, -0.1) is 0 Å². The maximum Gasteiger partial charge on any atom is 0.248 e. The van der Waals surface area contributed by atoms with Gasteiger partial charge in [-0.05, 0) is 55.2 Å². The number of para-hydroxylation sites is 2. The molecule has 0 unspecified atom stereocenters. The van der Waals surface area contributed by atoms with Crippen molar-refractivity contribution < 1.29 is 9.59 Å². The van der Waals surface area contributed by atoms with Crippen molar-refractivity contribution in [3.8, 4) is 0 Å². The van der Waals surface area contributed by atoms with Gasteiger partial charge in [0.2, 0.25) is 11.8 Å². The fourth-order valence-corrected chi connectivity index (χ4v) is 4.08. The van der Waals surface area contributed by atoms with Crippen LogP contribution in [-0.2, 0) is 11.2 Å². The summed E-state index contributed by atoms with van der Waals surface area (Å²) in [6.07, 6.45) is 7.87. The number of imidazole rings is 1. The molecule has 2 aliphatic rings. The first-order chi connectivity index (χ1) is 14.1. The first kappa shape index (κ1) is 19.2. The molecule has 0 saturated heterocycles. The van der Waals surface area contributed by atoms with Crippen LogP contribution < -0.4 is 11.1 Å². The number of nitrogens with zero attached hydrogens (tertiary/aromatic N) is 1. The molecular weight excluding hydrogens is 364 g/mol. The number of fused-ring (bicyclic) bond motifs is 2. The number of aromatic nitrogens is 2. The second-order valence-electron chi connectivity index (χ2n) is 7.76. The molecule has 1 aromatic heterocycles. The van der Waals surface area contributed by atoms with Crippen molar-refractivity contribution in [2.75, 3.05) is 5.32 Å². The fraction of sp³-hybridized carbons (Fsp3) is 0.348. The highest BCUT2D eigenvalue weighted by Gasteiger charge is 2.18. The highest BCUT2D eigenvalue weighted by atomic mass is 16.2. The van der Waals surface area contributed by atoms with E-state index in [1.807, 2.05) is 6.07 Å². The van der Waals surface area contributed by atoms with Crippen molar-refractivity contribution in [1.29, 1.82) is 0 Å². The molecule has 2 aromatic carbocycles. The number of amides is 2. The summed E-state index contributed by atoms with van der Waals surface area (Å²) in [5, 5.41) is 2.73. The number of aromatic amines is 1. The number of rotatable bonds is 2. The van der Waals surface area contributed by atoms with Crippen LogP contribution in [0.25, 0.3) is 11.0 Å². The Balaban J connectivity index is 0.000000142. The number of nitrogens with two attached hydrogens (primary N) is 1. The van der Waals surface area contributed by atoms with Gasteiger partial charge in [0.05, 0.1) is 11.0 Å². The van der Waals surface area contributed by atoms with Crippen LogP contribution in [0.1, 0.15) is 66.2 Å². The van der Waals surface area contributed by atoms with Crippen molar-refractivity contribution >= 4 is 28.5 Å². The molecule has 0 atom stereocenters. The van der Waals surface area contributed by atoms with E-state index in [0.29, 0.717) is 24.3 Å². The Kier molecular flexibility index (Phi) is 5.60. The SMILES string of the molecule is NC(=O)c1ccc2c(c1)CCC(=O)N2.c1ccc2[nH]c(C3CCCCC3)nc2c1. The van der Waals surface area contributed by atoms with E-state index in [-0.39, 0.29) is 5.91 Å². The molecule has 6 heteroatoms. The van der Waals surface area contributed by atoms with Gasteiger partial charge in [0.15, 0.2) is 0 Å². The Morgan fingerprint density at radius 1 is 1.03 bits per heavy atom. The number of hydrogen-bond donors (Lipinski definition) is 3. The van der Waals surface area contributed by atoms with E-state index in [9.17, 15) is 9.59 Å². The molecule has 2 amide bonds. The van der Waals surface area contributed by atoms with Crippen LogP contribution >= 0.6 is 0 Å². The van der Waals surface area contributed by atoms with Gasteiger partial charge in [0.25, 0.3) is 0 Å². The maximum atomic E-state index is 11.0.